The first-order valence-corrected chi connectivity index (χ1v) is 7.22. The quantitative estimate of drug-likeness (QED) is 0.635. The van der Waals surface area contributed by atoms with Gasteiger partial charge in [-0.2, -0.15) is 0 Å². The van der Waals surface area contributed by atoms with Crippen molar-refractivity contribution in [3.63, 3.8) is 0 Å². The molecule has 0 bridgehead atoms. The number of nitrogens with zero attached hydrogens (tertiary/aromatic N) is 1. The van der Waals surface area contributed by atoms with E-state index in [1.165, 1.54) is 16.7 Å². The van der Waals surface area contributed by atoms with Crippen molar-refractivity contribution >= 4 is 5.71 Å². The van der Waals surface area contributed by atoms with Gasteiger partial charge >= 0.3 is 0 Å². The first kappa shape index (κ1) is 12.9. The van der Waals surface area contributed by atoms with E-state index in [0.717, 1.165) is 30.5 Å². The van der Waals surface area contributed by atoms with Crippen LogP contribution in [0.1, 0.15) is 47.9 Å². The Morgan fingerprint density at radius 3 is 2.65 bits per heavy atom. The molecule has 102 valence electrons. The molecule has 3 rings (SSSR count). The zero-order chi connectivity index (χ0) is 13.9. The molecule has 0 radical (unpaired) electrons. The molecule has 0 fully saturated rings. The molecule has 1 atom stereocenters. The van der Waals surface area contributed by atoms with Gasteiger partial charge in [0.15, 0.2) is 0 Å². The van der Waals surface area contributed by atoms with Crippen LogP contribution in [0.15, 0.2) is 53.7 Å². The molecule has 2 aromatic carbocycles. The molecule has 1 unspecified atom stereocenters. The fraction of sp³-hybridized carbons (Fsp3) is 0.278. The summed E-state index contributed by atoms with van der Waals surface area (Å²) >= 11 is 0. The Balaban J connectivity index is 2.11. The summed E-state index contributed by atoms with van der Waals surface area (Å²) in [4.78, 5) is 0. The van der Waals surface area contributed by atoms with Gasteiger partial charge in [-0.1, -0.05) is 54.5 Å². The molecule has 0 heterocycles. The van der Waals surface area contributed by atoms with E-state index in [4.69, 9.17) is 0 Å². The molecule has 20 heavy (non-hydrogen) atoms. The van der Waals surface area contributed by atoms with Crippen LogP contribution >= 0.6 is 0 Å². The zero-order valence-corrected chi connectivity index (χ0v) is 11.7. The number of hydrogen-bond donors (Lipinski definition) is 1. The second kappa shape index (κ2) is 5.49. The topological polar surface area (TPSA) is 32.6 Å². The van der Waals surface area contributed by atoms with Crippen molar-refractivity contribution in [1.82, 2.24) is 0 Å². The summed E-state index contributed by atoms with van der Waals surface area (Å²) in [5.74, 6) is 0.405. The summed E-state index contributed by atoms with van der Waals surface area (Å²) < 4.78 is 0. The number of aryl methyl sites for hydroxylation is 1. The molecule has 0 spiro atoms. The van der Waals surface area contributed by atoms with E-state index in [9.17, 15) is 5.21 Å². The van der Waals surface area contributed by atoms with Gasteiger partial charge in [-0.15, -0.1) is 0 Å². The van der Waals surface area contributed by atoms with Crippen molar-refractivity contribution in [2.75, 3.05) is 0 Å². The maximum Gasteiger partial charge on any atom is 0.0871 e. The molecular formula is C18H19NO. The molecule has 1 aliphatic carbocycles. The molecule has 2 heteroatoms. The average Bonchev–Trinajstić information content (AvgIpc) is 2.54. The lowest BCUT2D eigenvalue weighted by molar-refractivity contribution is 0.317. The summed E-state index contributed by atoms with van der Waals surface area (Å²) in [7, 11) is 0. The van der Waals surface area contributed by atoms with E-state index >= 15 is 0 Å². The number of fused-ring (bicyclic) bond motifs is 1. The molecule has 0 aromatic heterocycles. The van der Waals surface area contributed by atoms with E-state index in [2.05, 4.69) is 54.5 Å². The number of rotatable bonds is 2. The molecule has 0 aliphatic heterocycles. The highest BCUT2D eigenvalue weighted by Crippen LogP contribution is 2.37. The van der Waals surface area contributed by atoms with Gasteiger partial charge in [0.2, 0.25) is 0 Å². The van der Waals surface area contributed by atoms with Crippen molar-refractivity contribution in [3.05, 3.63) is 70.8 Å². The van der Waals surface area contributed by atoms with Gasteiger partial charge in [0, 0.05) is 11.5 Å². The Bertz CT molecular complexity index is 631. The summed E-state index contributed by atoms with van der Waals surface area (Å²) in [6.45, 7) is 2.15. The highest BCUT2D eigenvalue weighted by Gasteiger charge is 2.25. The highest BCUT2D eigenvalue weighted by molar-refractivity contribution is 6.03. The Hall–Kier alpha value is -2.09. The zero-order valence-electron chi connectivity index (χ0n) is 11.7. The van der Waals surface area contributed by atoms with E-state index in [-0.39, 0.29) is 0 Å². The normalized spacial score (nSPS) is 19.9. The van der Waals surface area contributed by atoms with Crippen LogP contribution in [0.4, 0.5) is 0 Å². The van der Waals surface area contributed by atoms with E-state index in [1.54, 1.807) is 0 Å². The predicted octanol–water partition coefficient (Wildman–Crippen LogP) is 4.35. The third-order valence-corrected chi connectivity index (χ3v) is 4.20. The van der Waals surface area contributed by atoms with E-state index in [0.29, 0.717) is 5.92 Å². The monoisotopic (exact) mass is 265 g/mol. The van der Waals surface area contributed by atoms with Gasteiger partial charge in [0.1, 0.15) is 0 Å². The van der Waals surface area contributed by atoms with Gasteiger partial charge in [-0.25, -0.2) is 0 Å². The SMILES string of the molecule is CCc1ccc2c(c1)C(=NO)CCC2c1ccccc1. The Kier molecular flexibility index (Phi) is 3.55. The third-order valence-electron chi connectivity index (χ3n) is 4.20. The van der Waals surface area contributed by atoms with Crippen molar-refractivity contribution in [1.29, 1.82) is 0 Å². The van der Waals surface area contributed by atoms with Gasteiger partial charge in [-0.3, -0.25) is 0 Å². The van der Waals surface area contributed by atoms with Gasteiger partial charge < -0.3 is 5.21 Å². The summed E-state index contributed by atoms with van der Waals surface area (Å²) in [5.41, 5.74) is 5.86. The van der Waals surface area contributed by atoms with Gasteiger partial charge in [0.25, 0.3) is 0 Å². The Labute approximate surface area is 119 Å². The van der Waals surface area contributed by atoms with Crippen LogP contribution in [0.5, 0.6) is 0 Å². The smallest absolute Gasteiger partial charge is 0.0871 e. The number of hydrogen-bond acceptors (Lipinski definition) is 2. The maximum atomic E-state index is 9.25. The second-order valence-corrected chi connectivity index (χ2v) is 5.32. The van der Waals surface area contributed by atoms with E-state index < -0.39 is 0 Å². The Morgan fingerprint density at radius 1 is 1.15 bits per heavy atom. The minimum absolute atomic E-state index is 0.405. The van der Waals surface area contributed by atoms with Crippen LogP contribution in [0.25, 0.3) is 0 Å². The molecular weight excluding hydrogens is 246 g/mol. The highest BCUT2D eigenvalue weighted by atomic mass is 16.4. The van der Waals surface area contributed by atoms with Crippen LogP contribution in [0, 0.1) is 0 Å². The molecule has 1 aliphatic rings. The number of benzene rings is 2. The lowest BCUT2D eigenvalue weighted by Crippen LogP contribution is -2.17. The lowest BCUT2D eigenvalue weighted by Gasteiger charge is -2.27. The summed E-state index contributed by atoms with van der Waals surface area (Å²) in [6, 6.07) is 17.2. The van der Waals surface area contributed by atoms with Gasteiger partial charge in [-0.05, 0) is 42.0 Å². The van der Waals surface area contributed by atoms with Crippen LogP contribution in [0.3, 0.4) is 0 Å². The van der Waals surface area contributed by atoms with Crippen LogP contribution in [-0.4, -0.2) is 10.9 Å². The maximum absolute atomic E-state index is 9.25. The molecule has 1 N–H and O–H groups in total. The third kappa shape index (κ3) is 2.22. The Morgan fingerprint density at radius 2 is 1.95 bits per heavy atom. The molecule has 2 aromatic rings. The van der Waals surface area contributed by atoms with E-state index in [1.807, 2.05) is 6.07 Å². The largest absolute Gasteiger partial charge is 0.411 e. The molecule has 0 saturated heterocycles. The standard InChI is InChI=1S/C18H19NO/c1-2-13-8-9-16-15(14-6-4-3-5-7-14)10-11-18(19-20)17(16)12-13/h3-9,12,15,20H,2,10-11H2,1H3. The van der Waals surface area contributed by atoms with Crippen LogP contribution in [0.2, 0.25) is 0 Å². The summed E-state index contributed by atoms with van der Waals surface area (Å²) in [5, 5.41) is 12.8. The van der Waals surface area contributed by atoms with Crippen LogP contribution in [-0.2, 0) is 6.42 Å². The minimum Gasteiger partial charge on any atom is -0.411 e. The first-order chi connectivity index (χ1) is 9.83. The molecule has 0 saturated carbocycles. The second-order valence-electron chi connectivity index (χ2n) is 5.32. The first-order valence-electron chi connectivity index (χ1n) is 7.22. The minimum atomic E-state index is 0.405. The summed E-state index contributed by atoms with van der Waals surface area (Å²) in [6.07, 6.45) is 2.83. The average molecular weight is 265 g/mol. The van der Waals surface area contributed by atoms with Gasteiger partial charge in [0.05, 0.1) is 5.71 Å². The molecule has 0 amide bonds. The fourth-order valence-electron chi connectivity index (χ4n) is 3.08. The molecule has 2 nitrogen and oxygen atoms in total. The fourth-order valence-corrected chi connectivity index (χ4v) is 3.08. The van der Waals surface area contributed by atoms with Crippen molar-refractivity contribution in [2.45, 2.75) is 32.1 Å². The van der Waals surface area contributed by atoms with Crippen molar-refractivity contribution < 1.29 is 5.21 Å². The lowest BCUT2D eigenvalue weighted by atomic mass is 9.77. The van der Waals surface area contributed by atoms with Crippen LogP contribution < -0.4 is 0 Å². The predicted molar refractivity (Wildman–Crippen MR) is 81.7 cm³/mol. The number of oxime groups is 1. The van der Waals surface area contributed by atoms with Crippen molar-refractivity contribution in [2.24, 2.45) is 5.16 Å². The van der Waals surface area contributed by atoms with Crippen molar-refractivity contribution in [3.8, 4) is 0 Å².